The second-order valence-corrected chi connectivity index (χ2v) is 5.94. The summed E-state index contributed by atoms with van der Waals surface area (Å²) >= 11 is 5.99. The predicted molar refractivity (Wildman–Crippen MR) is 99.2 cm³/mol. The lowest BCUT2D eigenvalue weighted by molar-refractivity contribution is -0.137. The van der Waals surface area contributed by atoms with E-state index in [1.807, 2.05) is 0 Å². The molecule has 28 heavy (non-hydrogen) atoms. The molecule has 0 aliphatic heterocycles. The highest BCUT2D eigenvalue weighted by Crippen LogP contribution is 2.37. The van der Waals surface area contributed by atoms with Crippen molar-refractivity contribution >= 4 is 28.8 Å². The summed E-state index contributed by atoms with van der Waals surface area (Å²) < 4.78 is 49.5. The highest BCUT2D eigenvalue weighted by atomic mass is 35.5. The van der Waals surface area contributed by atoms with Gasteiger partial charge in [-0.1, -0.05) is 11.6 Å². The van der Waals surface area contributed by atoms with Crippen LogP contribution in [-0.2, 0) is 6.18 Å². The zero-order chi connectivity index (χ0) is 20.3. The van der Waals surface area contributed by atoms with Crippen molar-refractivity contribution in [3.63, 3.8) is 0 Å². The number of aromatic nitrogens is 2. The number of hydrogen-bond donors (Lipinski definition) is 2. The van der Waals surface area contributed by atoms with Crippen LogP contribution in [0, 0.1) is 0 Å². The van der Waals surface area contributed by atoms with Gasteiger partial charge in [0.05, 0.1) is 23.4 Å². The van der Waals surface area contributed by atoms with Gasteiger partial charge < -0.3 is 20.5 Å². The van der Waals surface area contributed by atoms with Gasteiger partial charge in [-0.3, -0.25) is 0 Å². The Labute approximate surface area is 163 Å². The molecule has 1 heterocycles. The van der Waals surface area contributed by atoms with Crippen molar-refractivity contribution in [1.82, 2.24) is 9.97 Å². The van der Waals surface area contributed by atoms with Crippen molar-refractivity contribution in [3.8, 4) is 17.4 Å². The highest BCUT2D eigenvalue weighted by molar-refractivity contribution is 6.33. The van der Waals surface area contributed by atoms with Crippen LogP contribution in [0.15, 0.2) is 48.8 Å². The Hall–Kier alpha value is -3.20. The van der Waals surface area contributed by atoms with Crippen molar-refractivity contribution in [2.45, 2.75) is 6.18 Å². The second kappa shape index (κ2) is 7.81. The molecule has 0 radical (unpaired) electrons. The lowest BCUT2D eigenvalue weighted by atomic mass is 10.2. The minimum atomic E-state index is -4.51. The summed E-state index contributed by atoms with van der Waals surface area (Å²) in [7, 11) is 1.54. The zero-order valence-electron chi connectivity index (χ0n) is 14.4. The smallest absolute Gasteiger partial charge is 0.416 e. The van der Waals surface area contributed by atoms with Crippen LogP contribution in [0.2, 0.25) is 5.02 Å². The summed E-state index contributed by atoms with van der Waals surface area (Å²) in [5.74, 6) is 1.17. The van der Waals surface area contributed by atoms with E-state index in [0.717, 1.165) is 18.2 Å². The number of halogens is 4. The molecule has 146 valence electrons. The molecule has 0 aliphatic rings. The molecule has 0 saturated heterocycles. The zero-order valence-corrected chi connectivity index (χ0v) is 15.2. The molecule has 0 saturated carbocycles. The number of nitrogen functional groups attached to an aromatic ring is 1. The number of rotatable bonds is 5. The Balaban J connectivity index is 1.87. The first-order chi connectivity index (χ1) is 13.3. The molecule has 0 bridgehead atoms. The number of methoxy groups -OCH3 is 1. The number of nitrogens with zero attached hydrogens (tertiary/aromatic N) is 2. The Bertz CT molecular complexity index is 982. The van der Waals surface area contributed by atoms with Gasteiger partial charge >= 0.3 is 6.18 Å². The average molecular weight is 411 g/mol. The number of hydrogen-bond acceptors (Lipinski definition) is 6. The van der Waals surface area contributed by atoms with Gasteiger partial charge in [-0.15, -0.1) is 0 Å². The van der Waals surface area contributed by atoms with Crippen molar-refractivity contribution < 1.29 is 22.6 Å². The van der Waals surface area contributed by atoms with Crippen molar-refractivity contribution in [3.05, 3.63) is 59.4 Å². The van der Waals surface area contributed by atoms with Crippen molar-refractivity contribution in [2.24, 2.45) is 0 Å². The molecule has 3 N–H and O–H groups in total. The molecular weight excluding hydrogens is 397 g/mol. The number of alkyl halides is 3. The van der Waals surface area contributed by atoms with E-state index in [-0.39, 0.29) is 28.1 Å². The summed E-state index contributed by atoms with van der Waals surface area (Å²) in [6, 6.07) is 9.57. The summed E-state index contributed by atoms with van der Waals surface area (Å²) in [4.78, 5) is 7.90. The number of anilines is 3. The Morgan fingerprint density at radius 1 is 1.04 bits per heavy atom. The molecule has 10 heteroatoms. The topological polar surface area (TPSA) is 82.3 Å². The highest BCUT2D eigenvalue weighted by Gasteiger charge is 2.31. The van der Waals surface area contributed by atoms with Crippen LogP contribution in [0.3, 0.4) is 0 Å². The fourth-order valence-electron chi connectivity index (χ4n) is 2.24. The lowest BCUT2D eigenvalue weighted by Gasteiger charge is -2.14. The van der Waals surface area contributed by atoms with E-state index in [9.17, 15) is 13.2 Å². The molecule has 2 aromatic carbocycles. The summed E-state index contributed by atoms with van der Waals surface area (Å²) in [5, 5.41) is 2.76. The van der Waals surface area contributed by atoms with Gasteiger partial charge in [0, 0.05) is 0 Å². The second-order valence-electron chi connectivity index (χ2n) is 5.54. The van der Waals surface area contributed by atoms with Crippen LogP contribution in [0.4, 0.5) is 30.4 Å². The standard InChI is InChI=1S/C18H14ClF3N4O2/c1-27-11-3-5-12(6-4-11)28-17-15(23)16(24-9-25-17)26-14-8-10(18(20,21)22)2-7-13(14)19/h2-9H,23H2,1H3,(H,24,25,26). The molecule has 0 atom stereocenters. The Kier molecular flexibility index (Phi) is 5.46. The van der Waals surface area contributed by atoms with Gasteiger partial charge in [-0.05, 0) is 42.5 Å². The molecule has 1 aromatic heterocycles. The molecule has 0 aliphatic carbocycles. The van der Waals surface area contributed by atoms with Crippen LogP contribution >= 0.6 is 11.6 Å². The number of benzene rings is 2. The maximum absolute atomic E-state index is 12.9. The van der Waals surface area contributed by atoms with Gasteiger partial charge in [0.2, 0.25) is 5.88 Å². The van der Waals surface area contributed by atoms with Crippen LogP contribution in [0.25, 0.3) is 0 Å². The van der Waals surface area contributed by atoms with Crippen molar-refractivity contribution in [1.29, 1.82) is 0 Å². The summed E-state index contributed by atoms with van der Waals surface area (Å²) in [5.41, 5.74) is 5.15. The third-order valence-electron chi connectivity index (χ3n) is 3.67. The molecule has 3 aromatic rings. The first-order valence-electron chi connectivity index (χ1n) is 7.84. The predicted octanol–water partition coefficient (Wildman–Crippen LogP) is 5.28. The average Bonchev–Trinajstić information content (AvgIpc) is 2.66. The first kappa shape index (κ1) is 19.6. The van der Waals surface area contributed by atoms with Gasteiger partial charge in [-0.25, -0.2) is 4.98 Å². The van der Waals surface area contributed by atoms with Crippen LogP contribution in [0.1, 0.15) is 5.56 Å². The summed E-state index contributed by atoms with van der Waals surface area (Å²) in [6.07, 6.45) is -3.35. The van der Waals surface area contributed by atoms with E-state index in [2.05, 4.69) is 15.3 Å². The number of ether oxygens (including phenoxy) is 2. The fraction of sp³-hybridized carbons (Fsp3) is 0.111. The van der Waals surface area contributed by atoms with E-state index in [4.69, 9.17) is 26.8 Å². The molecule has 0 fully saturated rings. The maximum Gasteiger partial charge on any atom is 0.416 e. The Morgan fingerprint density at radius 2 is 1.71 bits per heavy atom. The first-order valence-corrected chi connectivity index (χ1v) is 8.22. The minimum absolute atomic E-state index is 0.00251. The van der Waals surface area contributed by atoms with Crippen LogP contribution in [0.5, 0.6) is 17.4 Å². The Morgan fingerprint density at radius 3 is 2.36 bits per heavy atom. The van der Waals surface area contributed by atoms with E-state index in [0.29, 0.717) is 11.5 Å². The number of nitrogens with two attached hydrogens (primary N) is 1. The quantitative estimate of drug-likeness (QED) is 0.595. The van der Waals surface area contributed by atoms with E-state index < -0.39 is 11.7 Å². The maximum atomic E-state index is 12.9. The third-order valence-corrected chi connectivity index (χ3v) is 4.00. The lowest BCUT2D eigenvalue weighted by Crippen LogP contribution is -2.07. The van der Waals surface area contributed by atoms with Crippen molar-refractivity contribution in [2.75, 3.05) is 18.2 Å². The third kappa shape index (κ3) is 4.37. The van der Waals surface area contributed by atoms with Gasteiger partial charge in [0.1, 0.15) is 23.5 Å². The molecule has 3 rings (SSSR count). The van der Waals surface area contributed by atoms with Crippen LogP contribution in [-0.4, -0.2) is 17.1 Å². The monoisotopic (exact) mass is 410 g/mol. The van der Waals surface area contributed by atoms with Gasteiger partial charge in [-0.2, -0.15) is 18.2 Å². The molecule has 0 unspecified atom stereocenters. The van der Waals surface area contributed by atoms with E-state index in [1.54, 1.807) is 24.3 Å². The minimum Gasteiger partial charge on any atom is -0.497 e. The normalized spacial score (nSPS) is 11.2. The molecule has 0 amide bonds. The van der Waals surface area contributed by atoms with E-state index in [1.165, 1.54) is 13.4 Å². The molecule has 0 spiro atoms. The van der Waals surface area contributed by atoms with Gasteiger partial charge in [0.25, 0.3) is 0 Å². The molecular formula is C18H14ClF3N4O2. The van der Waals surface area contributed by atoms with E-state index >= 15 is 0 Å². The SMILES string of the molecule is COc1ccc(Oc2ncnc(Nc3cc(C(F)(F)F)ccc3Cl)c2N)cc1. The summed E-state index contributed by atoms with van der Waals surface area (Å²) in [6.45, 7) is 0. The molecule has 6 nitrogen and oxygen atoms in total. The fourth-order valence-corrected chi connectivity index (χ4v) is 2.41. The van der Waals surface area contributed by atoms with Gasteiger partial charge in [0.15, 0.2) is 5.82 Å². The van der Waals surface area contributed by atoms with Crippen LogP contribution < -0.4 is 20.5 Å². The largest absolute Gasteiger partial charge is 0.497 e. The number of nitrogens with one attached hydrogen (secondary N) is 1.